The number of benzene rings is 1. The Labute approximate surface area is 184 Å². The molecule has 0 saturated carbocycles. The SMILES string of the molecule is CN(C)CCCNC(=O)OC1c2ccccc2C(=O)N1c1ccc2ccc(Cl)nc2n1. The summed E-state index contributed by atoms with van der Waals surface area (Å²) in [6, 6.07) is 14.0. The van der Waals surface area contributed by atoms with Gasteiger partial charge in [-0.25, -0.2) is 14.8 Å². The van der Waals surface area contributed by atoms with Crippen molar-refractivity contribution in [2.24, 2.45) is 0 Å². The Morgan fingerprint density at radius 2 is 1.94 bits per heavy atom. The fourth-order valence-corrected chi connectivity index (χ4v) is 3.59. The minimum atomic E-state index is -0.929. The fourth-order valence-electron chi connectivity index (χ4n) is 3.45. The molecular formula is C22H22ClN5O3. The molecule has 0 radical (unpaired) electrons. The average molecular weight is 440 g/mol. The second kappa shape index (κ2) is 8.87. The van der Waals surface area contributed by atoms with E-state index in [-0.39, 0.29) is 5.91 Å². The monoisotopic (exact) mass is 439 g/mol. The van der Waals surface area contributed by atoms with Crippen LogP contribution in [0.1, 0.15) is 28.6 Å². The number of anilines is 1. The third-order valence-electron chi connectivity index (χ3n) is 4.93. The summed E-state index contributed by atoms with van der Waals surface area (Å²) in [7, 11) is 3.94. The first-order chi connectivity index (χ1) is 14.9. The van der Waals surface area contributed by atoms with Crippen molar-refractivity contribution in [3.05, 3.63) is 64.8 Å². The first-order valence-electron chi connectivity index (χ1n) is 9.89. The van der Waals surface area contributed by atoms with Gasteiger partial charge in [0.25, 0.3) is 5.91 Å². The number of hydrogen-bond acceptors (Lipinski definition) is 6. The van der Waals surface area contributed by atoms with Gasteiger partial charge in [0.15, 0.2) is 5.65 Å². The molecule has 2 aromatic heterocycles. The molecule has 3 aromatic rings. The highest BCUT2D eigenvalue weighted by Gasteiger charge is 2.41. The van der Waals surface area contributed by atoms with Gasteiger partial charge in [0.1, 0.15) is 11.0 Å². The molecule has 3 heterocycles. The van der Waals surface area contributed by atoms with Crippen molar-refractivity contribution in [2.45, 2.75) is 12.6 Å². The molecule has 0 spiro atoms. The van der Waals surface area contributed by atoms with Gasteiger partial charge >= 0.3 is 6.09 Å². The summed E-state index contributed by atoms with van der Waals surface area (Å²) >= 11 is 6.00. The van der Waals surface area contributed by atoms with Crippen LogP contribution in [0.4, 0.5) is 10.6 Å². The third kappa shape index (κ3) is 4.45. The van der Waals surface area contributed by atoms with Crippen molar-refractivity contribution in [2.75, 3.05) is 32.1 Å². The predicted octanol–water partition coefficient (Wildman–Crippen LogP) is 3.62. The Bertz CT molecular complexity index is 1140. The van der Waals surface area contributed by atoms with E-state index >= 15 is 0 Å². The van der Waals surface area contributed by atoms with Crippen LogP contribution in [-0.4, -0.2) is 54.1 Å². The molecule has 1 aliphatic heterocycles. The molecule has 1 unspecified atom stereocenters. The molecule has 9 heteroatoms. The third-order valence-corrected chi connectivity index (χ3v) is 5.14. The number of nitrogens with zero attached hydrogens (tertiary/aromatic N) is 4. The van der Waals surface area contributed by atoms with Crippen LogP contribution in [0, 0.1) is 0 Å². The molecule has 1 aromatic carbocycles. The van der Waals surface area contributed by atoms with Crippen LogP contribution in [0.2, 0.25) is 5.15 Å². The number of fused-ring (bicyclic) bond motifs is 2. The van der Waals surface area contributed by atoms with E-state index in [2.05, 4.69) is 15.3 Å². The van der Waals surface area contributed by atoms with Crippen LogP contribution in [0.25, 0.3) is 11.0 Å². The summed E-state index contributed by atoms with van der Waals surface area (Å²) < 4.78 is 5.67. The van der Waals surface area contributed by atoms with Crippen LogP contribution in [0.15, 0.2) is 48.5 Å². The maximum absolute atomic E-state index is 13.1. The summed E-state index contributed by atoms with van der Waals surface area (Å²) in [5.74, 6) is 0.0313. The molecule has 4 rings (SSSR count). The number of pyridine rings is 2. The highest BCUT2D eigenvalue weighted by atomic mass is 35.5. The molecule has 2 amide bonds. The van der Waals surface area contributed by atoms with Gasteiger partial charge in [-0.3, -0.25) is 9.69 Å². The van der Waals surface area contributed by atoms with Gasteiger partial charge in [-0.1, -0.05) is 29.8 Å². The first-order valence-corrected chi connectivity index (χ1v) is 10.3. The van der Waals surface area contributed by atoms with Gasteiger partial charge in [0.05, 0.1) is 0 Å². The number of nitrogens with one attached hydrogen (secondary N) is 1. The Hall–Kier alpha value is -3.23. The van der Waals surface area contributed by atoms with Gasteiger partial charge in [-0.15, -0.1) is 0 Å². The maximum atomic E-state index is 13.1. The lowest BCUT2D eigenvalue weighted by atomic mass is 10.1. The van der Waals surface area contributed by atoms with E-state index in [9.17, 15) is 9.59 Å². The lowest BCUT2D eigenvalue weighted by Crippen LogP contribution is -2.35. The molecule has 0 bridgehead atoms. The molecule has 8 nitrogen and oxygen atoms in total. The number of hydrogen-bond donors (Lipinski definition) is 1. The van der Waals surface area contributed by atoms with Crippen molar-refractivity contribution in [1.82, 2.24) is 20.2 Å². The minimum Gasteiger partial charge on any atom is -0.420 e. The van der Waals surface area contributed by atoms with E-state index in [0.29, 0.717) is 34.3 Å². The number of rotatable bonds is 6. The lowest BCUT2D eigenvalue weighted by Gasteiger charge is -2.24. The highest BCUT2D eigenvalue weighted by molar-refractivity contribution is 6.29. The zero-order chi connectivity index (χ0) is 22.0. The first kappa shape index (κ1) is 21.0. The van der Waals surface area contributed by atoms with E-state index in [0.717, 1.165) is 18.4 Å². The Balaban J connectivity index is 1.61. The van der Waals surface area contributed by atoms with Crippen LogP contribution in [0.5, 0.6) is 0 Å². The zero-order valence-corrected chi connectivity index (χ0v) is 18.0. The van der Waals surface area contributed by atoms with Gasteiger partial charge in [0, 0.05) is 23.1 Å². The Kier molecular flexibility index (Phi) is 6.01. The zero-order valence-electron chi connectivity index (χ0n) is 17.2. The standard InChI is InChI=1S/C22H22ClN5O3/c1-27(2)13-5-12-24-22(30)31-21-16-7-4-3-6-15(16)20(29)28(21)18-11-9-14-8-10-17(23)25-19(14)26-18/h3-4,6-11,21H,5,12-13H2,1-2H3,(H,24,30). The molecule has 0 fully saturated rings. The van der Waals surface area contributed by atoms with E-state index in [1.807, 2.05) is 19.0 Å². The molecule has 160 valence electrons. The molecular weight excluding hydrogens is 418 g/mol. The van der Waals surface area contributed by atoms with E-state index in [1.165, 1.54) is 4.90 Å². The number of amides is 2. The quantitative estimate of drug-likeness (QED) is 0.466. The summed E-state index contributed by atoms with van der Waals surface area (Å²) in [6.45, 7) is 1.31. The predicted molar refractivity (Wildman–Crippen MR) is 118 cm³/mol. The Morgan fingerprint density at radius 1 is 1.16 bits per heavy atom. The van der Waals surface area contributed by atoms with Crippen LogP contribution in [-0.2, 0) is 4.74 Å². The number of aromatic nitrogens is 2. The van der Waals surface area contributed by atoms with Crippen LogP contribution >= 0.6 is 11.6 Å². The maximum Gasteiger partial charge on any atom is 0.409 e. The van der Waals surface area contributed by atoms with Crippen molar-refractivity contribution in [3.63, 3.8) is 0 Å². The minimum absolute atomic E-state index is 0.296. The molecule has 1 atom stereocenters. The van der Waals surface area contributed by atoms with Gasteiger partial charge in [-0.05, 0) is 57.4 Å². The number of ether oxygens (including phenoxy) is 1. The number of carbonyl (C=O) groups is 2. The molecule has 31 heavy (non-hydrogen) atoms. The fraction of sp³-hybridized carbons (Fsp3) is 0.273. The van der Waals surface area contributed by atoms with Gasteiger partial charge in [-0.2, -0.15) is 0 Å². The summed E-state index contributed by atoms with van der Waals surface area (Å²) in [5, 5.41) is 3.83. The van der Waals surface area contributed by atoms with Crippen molar-refractivity contribution in [3.8, 4) is 0 Å². The number of halogens is 1. The summed E-state index contributed by atoms with van der Waals surface area (Å²) in [5.41, 5.74) is 1.48. The topological polar surface area (TPSA) is 87.7 Å². The van der Waals surface area contributed by atoms with E-state index in [4.69, 9.17) is 16.3 Å². The number of carbonyl (C=O) groups excluding carboxylic acids is 2. The molecule has 0 aliphatic carbocycles. The Morgan fingerprint density at radius 3 is 2.74 bits per heavy atom. The molecule has 1 aliphatic rings. The number of alkyl carbamates (subject to hydrolysis) is 1. The smallest absolute Gasteiger partial charge is 0.409 e. The second-order valence-corrected chi connectivity index (χ2v) is 7.84. The van der Waals surface area contributed by atoms with Crippen LogP contribution in [0.3, 0.4) is 0 Å². The van der Waals surface area contributed by atoms with E-state index in [1.54, 1.807) is 48.5 Å². The highest BCUT2D eigenvalue weighted by Crippen LogP contribution is 2.37. The second-order valence-electron chi connectivity index (χ2n) is 7.45. The average Bonchev–Trinajstić information content (AvgIpc) is 3.02. The summed E-state index contributed by atoms with van der Waals surface area (Å²) in [4.78, 5) is 37.7. The van der Waals surface area contributed by atoms with Crippen molar-refractivity contribution >= 4 is 40.5 Å². The molecule has 1 N–H and O–H groups in total. The normalized spacial score (nSPS) is 15.4. The lowest BCUT2D eigenvalue weighted by molar-refractivity contribution is 0.0830. The van der Waals surface area contributed by atoms with Gasteiger partial charge < -0.3 is 15.0 Å². The van der Waals surface area contributed by atoms with Crippen molar-refractivity contribution in [1.29, 1.82) is 0 Å². The van der Waals surface area contributed by atoms with Crippen LogP contribution < -0.4 is 10.2 Å². The van der Waals surface area contributed by atoms with Gasteiger partial charge in [0.2, 0.25) is 6.23 Å². The van der Waals surface area contributed by atoms with Crippen molar-refractivity contribution < 1.29 is 14.3 Å². The molecule has 0 saturated heterocycles. The largest absolute Gasteiger partial charge is 0.420 e. The van der Waals surface area contributed by atoms with E-state index < -0.39 is 12.3 Å². The summed E-state index contributed by atoms with van der Waals surface area (Å²) in [6.07, 6.45) is -0.744.